The average molecular weight is 1150 g/mol. The Kier molecular flexibility index (Phi) is 20.0. The van der Waals surface area contributed by atoms with Gasteiger partial charge < -0.3 is 49.2 Å². The number of rotatable bonds is 10. The average Bonchev–Trinajstić information content (AvgIpc) is 3.19. The number of carbonyl (C=O) groups excluding carboxylic acids is 2. The topological polar surface area (TPSA) is 292 Å². The number of aliphatic hydroxyl groups is 1. The van der Waals surface area contributed by atoms with Crippen molar-refractivity contribution in [3.05, 3.63) is 106 Å². The number of nitrogens with zero attached hydrogens (tertiary/aromatic N) is 8. The first-order chi connectivity index (χ1) is 38.0. The Balaban J connectivity index is 0.000000219. The molecule has 0 aromatic carbocycles. The van der Waals surface area contributed by atoms with Gasteiger partial charge in [0.1, 0.15) is 44.8 Å². The van der Waals surface area contributed by atoms with Crippen LogP contribution in [-0.2, 0) is 9.47 Å². The van der Waals surface area contributed by atoms with Crippen LogP contribution in [0.3, 0.4) is 0 Å². The Morgan fingerprint density at radius 3 is 1.54 bits per heavy atom. The summed E-state index contributed by atoms with van der Waals surface area (Å²) >= 11 is 6.06. The van der Waals surface area contributed by atoms with E-state index in [0.717, 1.165) is 9.13 Å². The van der Waals surface area contributed by atoms with Crippen LogP contribution in [0.2, 0.25) is 5.15 Å². The number of methoxy groups -OCH3 is 2. The van der Waals surface area contributed by atoms with Crippen molar-refractivity contribution >= 4 is 45.6 Å². The zero-order chi connectivity index (χ0) is 60.0. The lowest BCUT2D eigenvalue weighted by Crippen LogP contribution is -2.55. The highest BCUT2D eigenvalue weighted by atomic mass is 35.5. The number of pyridine rings is 4. The second-order valence-electron chi connectivity index (χ2n) is 21.8. The number of hydrogen-bond donors (Lipinski definition) is 5. The predicted octanol–water partition coefficient (Wildman–Crippen LogP) is 5.53. The van der Waals surface area contributed by atoms with Gasteiger partial charge in [-0.15, -0.1) is 0 Å². The summed E-state index contributed by atoms with van der Waals surface area (Å²) in [6.07, 6.45) is 2.47. The zero-order valence-corrected chi connectivity index (χ0v) is 48.7. The first-order valence-corrected chi connectivity index (χ1v) is 26.5. The first-order valence-electron chi connectivity index (χ1n) is 26.1. The lowest BCUT2D eigenvalue weighted by molar-refractivity contribution is 0.0165. The van der Waals surface area contributed by atoms with Crippen molar-refractivity contribution in [3.8, 4) is 29.0 Å². The van der Waals surface area contributed by atoms with E-state index < -0.39 is 63.2 Å². The molecule has 8 heterocycles. The van der Waals surface area contributed by atoms with Gasteiger partial charge in [-0.1, -0.05) is 39.3 Å². The SMILES string of the molecule is CC(C)(C)OC(=O)N1CCN[C@H](CO)C1.COc1nc(Cl)c2c(=O)[nH]c(=O)n(-c3c(C)ccnc3C(C)C)c2c1F.COc1nc(OC[C@@H]2CN(C(=O)OC(C)(C)C)CCN2)c2c(=O)[nH]c(=O)n(-c3c(C)ccnc3C(C)C)c2c1F. The van der Waals surface area contributed by atoms with E-state index >= 15 is 8.78 Å². The van der Waals surface area contributed by atoms with Gasteiger partial charge in [0, 0.05) is 57.7 Å². The molecule has 2 fully saturated rings. The number of hydrogen-bond acceptors (Lipinski definition) is 18. The summed E-state index contributed by atoms with van der Waals surface area (Å²) in [6, 6.07) is 3.02. The molecule has 0 bridgehead atoms. The molecule has 24 nitrogen and oxygen atoms in total. The molecule has 2 aliphatic heterocycles. The number of piperazine rings is 2. The van der Waals surface area contributed by atoms with E-state index in [1.165, 1.54) is 14.2 Å². The van der Waals surface area contributed by atoms with Gasteiger partial charge in [-0.05, 0) is 90.5 Å². The number of H-pyrrole nitrogens is 2. The Labute approximate surface area is 470 Å². The third-order valence-electron chi connectivity index (χ3n) is 12.5. The van der Waals surface area contributed by atoms with Crippen molar-refractivity contribution in [1.29, 1.82) is 0 Å². The third kappa shape index (κ3) is 14.5. The van der Waals surface area contributed by atoms with Crippen molar-refractivity contribution < 1.29 is 47.2 Å². The highest BCUT2D eigenvalue weighted by molar-refractivity contribution is 6.34. The molecule has 2 atom stereocenters. The van der Waals surface area contributed by atoms with Gasteiger partial charge in [0.2, 0.25) is 17.5 Å². The number of carbonyl (C=O) groups is 2. The molecule has 0 spiro atoms. The summed E-state index contributed by atoms with van der Waals surface area (Å²) in [4.78, 5) is 99.6. The number of ether oxygens (including phenoxy) is 5. The molecule has 0 radical (unpaired) electrons. The summed E-state index contributed by atoms with van der Waals surface area (Å²) in [5.41, 5.74) is -1.86. The molecule has 0 saturated carbocycles. The zero-order valence-electron chi connectivity index (χ0n) is 47.9. The monoisotopic (exact) mass is 1150 g/mol. The third-order valence-corrected chi connectivity index (χ3v) is 12.8. The Hall–Kier alpha value is -7.55. The molecule has 27 heteroatoms. The number of aromatic amines is 2. The lowest BCUT2D eigenvalue weighted by atomic mass is 10.0. The summed E-state index contributed by atoms with van der Waals surface area (Å²) in [5, 5.41) is 14.6. The molecule has 6 aromatic rings. The fraction of sp³-hybridized carbons (Fsp3) is 0.519. The minimum atomic E-state index is -0.988. The number of nitrogens with one attached hydrogen (secondary N) is 4. The van der Waals surface area contributed by atoms with E-state index in [0.29, 0.717) is 66.6 Å². The number of halogens is 3. The lowest BCUT2D eigenvalue weighted by Gasteiger charge is -2.34. The molecule has 440 valence electrons. The van der Waals surface area contributed by atoms with Gasteiger partial charge in [0.05, 0.1) is 49.6 Å². The maximum absolute atomic E-state index is 15.8. The van der Waals surface area contributed by atoms with Gasteiger partial charge in [-0.2, -0.15) is 18.7 Å². The molecule has 81 heavy (non-hydrogen) atoms. The van der Waals surface area contributed by atoms with Gasteiger partial charge in [-0.3, -0.25) is 38.7 Å². The van der Waals surface area contributed by atoms with Crippen molar-refractivity contribution in [1.82, 2.24) is 59.5 Å². The van der Waals surface area contributed by atoms with Crippen LogP contribution in [0.5, 0.6) is 17.6 Å². The van der Waals surface area contributed by atoms with Crippen molar-refractivity contribution in [2.24, 2.45) is 0 Å². The minimum Gasteiger partial charge on any atom is -0.479 e. The van der Waals surface area contributed by atoms with E-state index in [2.05, 4.69) is 40.5 Å². The predicted molar refractivity (Wildman–Crippen MR) is 299 cm³/mol. The van der Waals surface area contributed by atoms with Crippen LogP contribution in [0.25, 0.3) is 33.2 Å². The number of aromatic nitrogens is 8. The van der Waals surface area contributed by atoms with Crippen LogP contribution in [0, 0.1) is 25.5 Å². The summed E-state index contributed by atoms with van der Waals surface area (Å²) in [7, 11) is 2.45. The highest BCUT2D eigenvalue weighted by Crippen LogP contribution is 2.34. The Morgan fingerprint density at radius 2 is 1.11 bits per heavy atom. The molecule has 2 aliphatic rings. The second-order valence-corrected chi connectivity index (χ2v) is 22.1. The number of fused-ring (bicyclic) bond motifs is 2. The highest BCUT2D eigenvalue weighted by Gasteiger charge is 2.32. The molecule has 2 saturated heterocycles. The van der Waals surface area contributed by atoms with E-state index in [4.69, 9.17) is 40.4 Å². The minimum absolute atomic E-state index is 0.0160. The molecule has 0 aliphatic carbocycles. The molecule has 2 amide bonds. The maximum Gasteiger partial charge on any atom is 0.410 e. The Morgan fingerprint density at radius 1 is 0.691 bits per heavy atom. The summed E-state index contributed by atoms with van der Waals surface area (Å²) in [5.74, 6) is -3.18. The normalized spacial score (nSPS) is 15.7. The van der Waals surface area contributed by atoms with Gasteiger partial charge in [0.15, 0.2) is 0 Å². The molecular formula is C54H71ClF2N12O12. The van der Waals surface area contributed by atoms with E-state index in [1.54, 1.807) is 68.9 Å². The van der Waals surface area contributed by atoms with Crippen molar-refractivity contribution in [2.75, 3.05) is 66.7 Å². The van der Waals surface area contributed by atoms with Crippen LogP contribution < -0.4 is 47.3 Å². The van der Waals surface area contributed by atoms with Crippen molar-refractivity contribution in [3.63, 3.8) is 0 Å². The smallest absolute Gasteiger partial charge is 0.410 e. The summed E-state index contributed by atoms with van der Waals surface area (Å²) in [6.45, 7) is 25.1. The van der Waals surface area contributed by atoms with Gasteiger partial charge in [-0.25, -0.2) is 19.2 Å². The van der Waals surface area contributed by atoms with Crippen LogP contribution in [0.4, 0.5) is 18.4 Å². The second kappa shape index (κ2) is 25.9. The first kappa shape index (κ1) is 62.6. The summed E-state index contributed by atoms with van der Waals surface area (Å²) < 4.78 is 59.8. The molecule has 0 unspecified atom stereocenters. The quantitative estimate of drug-likeness (QED) is 0.105. The fourth-order valence-corrected chi connectivity index (χ4v) is 9.14. The van der Waals surface area contributed by atoms with E-state index in [-0.39, 0.29) is 82.6 Å². The van der Waals surface area contributed by atoms with Gasteiger partial charge in [0.25, 0.3) is 22.9 Å². The molecule has 6 aromatic heterocycles. The van der Waals surface area contributed by atoms with Crippen molar-refractivity contribution in [2.45, 2.75) is 118 Å². The number of aliphatic hydroxyl groups excluding tert-OH is 1. The fourth-order valence-electron chi connectivity index (χ4n) is 8.89. The van der Waals surface area contributed by atoms with E-state index in [9.17, 15) is 28.8 Å². The number of aryl methyl sites for hydroxylation is 2. The van der Waals surface area contributed by atoms with Crippen LogP contribution in [0.1, 0.15) is 104 Å². The Bertz CT molecular complexity index is 3540. The molecular weight excluding hydrogens is 1080 g/mol. The standard InChI is InChI=1S/C27H35FN6O6.C17H16ClFN4O3.C10H20N2O3/c1-14(2)19-20(15(3)8-9-30-19)34-21-17(22(35)31-25(34)36)23(32-24(38-7)18(21)28)39-13-16-12-33(11-10-29-16)26(37)40-27(4,5)6;1-7(2)11-12(8(3)5-6-20-11)23-13-9(15(24)22-17(23)25)14(18)21-16(26-4)10(13)19;1-10(2,3)15-9(14)12-5-4-11-8(6-12)7-13/h8-9,14,16,29H,10-13H2,1-7H3,(H,31,35,36);5-7H,1-4H3,(H,22,24,25);8,11,13H,4-7H2,1-3H3/t16-;;8-/m0.0/s1. The van der Waals surface area contributed by atoms with Crippen LogP contribution in [0.15, 0.2) is 43.7 Å². The molecule has 5 N–H and O–H groups in total. The largest absolute Gasteiger partial charge is 0.479 e. The molecule has 8 rings (SSSR count). The maximum atomic E-state index is 15.8. The van der Waals surface area contributed by atoms with E-state index in [1.807, 2.05) is 48.5 Å². The van der Waals surface area contributed by atoms with Gasteiger partial charge >= 0.3 is 23.6 Å². The van der Waals surface area contributed by atoms with Crippen LogP contribution in [-0.4, -0.2) is 156 Å². The number of amides is 2. The van der Waals surface area contributed by atoms with Crippen LogP contribution >= 0.6 is 11.6 Å².